The molecule has 2 aromatic carbocycles. The van der Waals surface area contributed by atoms with E-state index in [2.05, 4.69) is 52.1 Å². The summed E-state index contributed by atoms with van der Waals surface area (Å²) in [5.74, 6) is 0.540. The molecule has 0 unspecified atom stereocenters. The van der Waals surface area contributed by atoms with Crippen LogP contribution < -0.4 is 16.0 Å². The van der Waals surface area contributed by atoms with Crippen LogP contribution in [0.4, 0.5) is 16.3 Å². The lowest BCUT2D eigenvalue weighted by atomic mass is 10.1. The lowest BCUT2D eigenvalue weighted by molar-refractivity contribution is 0.252. The van der Waals surface area contributed by atoms with E-state index in [4.69, 9.17) is 0 Å². The van der Waals surface area contributed by atoms with Gasteiger partial charge < -0.3 is 10.6 Å². The molecule has 0 saturated heterocycles. The number of anilines is 2. The molecule has 0 spiro atoms. The zero-order valence-corrected chi connectivity index (χ0v) is 14.5. The monoisotopic (exact) mass is 334 g/mol. The number of nitrogens with zero attached hydrogens (tertiary/aromatic N) is 1. The number of carbonyl (C=O) groups is 1. The van der Waals surface area contributed by atoms with Crippen molar-refractivity contribution >= 4 is 28.3 Å². The summed E-state index contributed by atoms with van der Waals surface area (Å²) in [4.78, 5) is 16.0. The summed E-state index contributed by atoms with van der Waals surface area (Å²) in [5.41, 5.74) is 3.42. The Bertz CT molecular complexity index is 878. The van der Waals surface area contributed by atoms with Gasteiger partial charge in [0.25, 0.3) is 0 Å². The average Bonchev–Trinajstić information content (AvgIpc) is 2.61. The fourth-order valence-corrected chi connectivity index (χ4v) is 2.73. The minimum atomic E-state index is -0.246. The Labute approximate surface area is 147 Å². The molecule has 3 rings (SSSR count). The van der Waals surface area contributed by atoms with Crippen molar-refractivity contribution in [2.24, 2.45) is 0 Å². The molecule has 0 aliphatic carbocycles. The molecule has 1 aromatic heterocycles. The van der Waals surface area contributed by atoms with E-state index < -0.39 is 0 Å². The Morgan fingerprint density at radius 2 is 1.92 bits per heavy atom. The molecular formula is C20H22N4O. The second kappa shape index (κ2) is 7.66. The molecule has 5 nitrogen and oxygen atoms in total. The molecule has 1 heterocycles. The van der Waals surface area contributed by atoms with Gasteiger partial charge in [0.2, 0.25) is 0 Å². The molecule has 0 radical (unpaired) electrons. The molecule has 128 valence electrons. The van der Waals surface area contributed by atoms with Gasteiger partial charge in [0.05, 0.1) is 0 Å². The molecule has 2 amide bonds. The summed E-state index contributed by atoms with van der Waals surface area (Å²) >= 11 is 0. The quantitative estimate of drug-likeness (QED) is 0.652. The van der Waals surface area contributed by atoms with Gasteiger partial charge >= 0.3 is 6.03 Å². The van der Waals surface area contributed by atoms with Crippen LogP contribution in [0.25, 0.3) is 10.8 Å². The highest BCUT2D eigenvalue weighted by atomic mass is 16.2. The summed E-state index contributed by atoms with van der Waals surface area (Å²) in [6, 6.07) is 16.1. The van der Waals surface area contributed by atoms with Crippen LogP contribution in [-0.4, -0.2) is 17.6 Å². The minimum Gasteiger partial charge on any atom is -0.381 e. The smallest absolute Gasteiger partial charge is 0.320 e. The van der Waals surface area contributed by atoms with E-state index in [9.17, 15) is 4.79 Å². The van der Waals surface area contributed by atoms with Crippen molar-refractivity contribution in [3.8, 4) is 0 Å². The number of rotatable bonds is 5. The highest BCUT2D eigenvalue weighted by molar-refractivity contribution is 5.94. The van der Waals surface area contributed by atoms with Crippen molar-refractivity contribution in [3.63, 3.8) is 0 Å². The number of pyridine rings is 1. The second-order valence-electron chi connectivity index (χ2n) is 5.91. The highest BCUT2D eigenvalue weighted by Crippen LogP contribution is 2.25. The van der Waals surface area contributed by atoms with Gasteiger partial charge in [-0.05, 0) is 48.6 Å². The minimum absolute atomic E-state index is 0.246. The molecule has 3 N–H and O–H groups in total. The summed E-state index contributed by atoms with van der Waals surface area (Å²) in [6.07, 6.45) is 1.80. The first kappa shape index (κ1) is 16.8. The van der Waals surface area contributed by atoms with Crippen LogP contribution in [0.15, 0.2) is 54.7 Å². The zero-order valence-electron chi connectivity index (χ0n) is 14.5. The van der Waals surface area contributed by atoms with Crippen LogP contribution in [-0.2, 0) is 6.54 Å². The molecular weight excluding hydrogens is 312 g/mol. The van der Waals surface area contributed by atoms with E-state index in [1.54, 1.807) is 6.20 Å². The fourth-order valence-electron chi connectivity index (χ4n) is 2.73. The average molecular weight is 334 g/mol. The number of nitrogens with one attached hydrogen (secondary N) is 3. The molecule has 0 bridgehead atoms. The summed E-state index contributed by atoms with van der Waals surface area (Å²) in [6.45, 7) is 5.28. The van der Waals surface area contributed by atoms with Crippen LogP contribution in [0.5, 0.6) is 0 Å². The SMILES string of the molecule is CCNC(=O)Nc1cc2cc(NCc3ccccc3)cc(C)c2cn1. The molecule has 0 aliphatic rings. The largest absolute Gasteiger partial charge is 0.381 e. The van der Waals surface area contributed by atoms with Gasteiger partial charge in [0.1, 0.15) is 5.82 Å². The Hall–Kier alpha value is -3.08. The van der Waals surface area contributed by atoms with E-state index in [1.807, 2.05) is 31.2 Å². The van der Waals surface area contributed by atoms with E-state index in [0.29, 0.717) is 12.4 Å². The Kier molecular flexibility index (Phi) is 5.14. The highest BCUT2D eigenvalue weighted by Gasteiger charge is 2.06. The number of benzene rings is 2. The zero-order chi connectivity index (χ0) is 17.6. The number of amides is 2. The lowest BCUT2D eigenvalue weighted by Gasteiger charge is -2.11. The number of hydrogen-bond acceptors (Lipinski definition) is 3. The van der Waals surface area contributed by atoms with Gasteiger partial charge in [-0.15, -0.1) is 0 Å². The van der Waals surface area contributed by atoms with Crippen LogP contribution in [0.3, 0.4) is 0 Å². The van der Waals surface area contributed by atoms with Gasteiger partial charge in [-0.25, -0.2) is 9.78 Å². The van der Waals surface area contributed by atoms with Crippen LogP contribution >= 0.6 is 0 Å². The van der Waals surface area contributed by atoms with Crippen molar-refractivity contribution in [1.29, 1.82) is 0 Å². The Balaban J connectivity index is 1.81. The molecule has 0 atom stereocenters. The van der Waals surface area contributed by atoms with Crippen molar-refractivity contribution in [3.05, 3.63) is 65.9 Å². The summed E-state index contributed by atoms with van der Waals surface area (Å²) in [7, 11) is 0. The molecule has 3 aromatic rings. The number of aryl methyl sites for hydroxylation is 1. The predicted octanol–water partition coefficient (Wildman–Crippen LogP) is 4.30. The maximum absolute atomic E-state index is 11.7. The van der Waals surface area contributed by atoms with Gasteiger partial charge in [-0.1, -0.05) is 30.3 Å². The van der Waals surface area contributed by atoms with Gasteiger partial charge in [0.15, 0.2) is 0 Å². The van der Waals surface area contributed by atoms with Crippen LogP contribution in [0, 0.1) is 6.92 Å². The number of urea groups is 1. The normalized spacial score (nSPS) is 10.5. The lowest BCUT2D eigenvalue weighted by Crippen LogP contribution is -2.28. The van der Waals surface area contributed by atoms with Crippen molar-refractivity contribution < 1.29 is 4.79 Å². The van der Waals surface area contributed by atoms with E-state index >= 15 is 0 Å². The first-order valence-electron chi connectivity index (χ1n) is 8.39. The molecule has 5 heteroatoms. The number of carbonyl (C=O) groups excluding carboxylic acids is 1. The van der Waals surface area contributed by atoms with Crippen molar-refractivity contribution in [1.82, 2.24) is 10.3 Å². The standard InChI is InChI=1S/C20H22N4O/c1-3-21-20(25)24-19-11-16-10-17(9-14(2)18(16)13-23-19)22-12-15-7-5-4-6-8-15/h4-11,13,22H,3,12H2,1-2H3,(H2,21,23,24,25). The molecule has 0 aliphatic heterocycles. The van der Waals surface area contributed by atoms with Gasteiger partial charge in [0, 0.05) is 30.4 Å². The maximum atomic E-state index is 11.7. The number of fused-ring (bicyclic) bond motifs is 1. The van der Waals surface area contributed by atoms with Gasteiger partial charge in [-0.3, -0.25) is 5.32 Å². The van der Waals surface area contributed by atoms with Crippen LogP contribution in [0.1, 0.15) is 18.1 Å². The maximum Gasteiger partial charge on any atom is 0.320 e. The second-order valence-corrected chi connectivity index (χ2v) is 5.91. The van der Waals surface area contributed by atoms with Crippen molar-refractivity contribution in [2.45, 2.75) is 20.4 Å². The first-order valence-corrected chi connectivity index (χ1v) is 8.39. The predicted molar refractivity (Wildman–Crippen MR) is 103 cm³/mol. The summed E-state index contributed by atoms with van der Waals surface area (Å²) < 4.78 is 0. The van der Waals surface area contributed by atoms with E-state index in [0.717, 1.165) is 28.6 Å². The van der Waals surface area contributed by atoms with Gasteiger partial charge in [-0.2, -0.15) is 0 Å². The van der Waals surface area contributed by atoms with Crippen molar-refractivity contribution in [2.75, 3.05) is 17.2 Å². The Morgan fingerprint density at radius 1 is 1.12 bits per heavy atom. The summed E-state index contributed by atoms with van der Waals surface area (Å²) in [5, 5.41) is 11.0. The van der Waals surface area contributed by atoms with E-state index in [-0.39, 0.29) is 6.03 Å². The number of aromatic nitrogens is 1. The third-order valence-corrected chi connectivity index (χ3v) is 3.96. The van der Waals surface area contributed by atoms with E-state index in [1.165, 1.54) is 5.56 Å². The number of hydrogen-bond donors (Lipinski definition) is 3. The van der Waals surface area contributed by atoms with Crippen LogP contribution in [0.2, 0.25) is 0 Å². The third kappa shape index (κ3) is 4.26. The topological polar surface area (TPSA) is 66.1 Å². The Morgan fingerprint density at radius 3 is 2.68 bits per heavy atom. The molecule has 0 saturated carbocycles. The molecule has 0 fully saturated rings. The third-order valence-electron chi connectivity index (χ3n) is 3.96. The fraction of sp³-hybridized carbons (Fsp3) is 0.200. The first-order chi connectivity index (χ1) is 12.2. The molecule has 25 heavy (non-hydrogen) atoms.